The summed E-state index contributed by atoms with van der Waals surface area (Å²) in [5.74, 6) is 0.647. The third kappa shape index (κ3) is 2.94. The lowest BCUT2D eigenvalue weighted by Crippen LogP contribution is -2.20. The predicted octanol–water partition coefficient (Wildman–Crippen LogP) is 2.65. The van der Waals surface area contributed by atoms with Crippen molar-refractivity contribution < 1.29 is 5.11 Å². The number of nitrogens with one attached hydrogen (secondary N) is 1. The summed E-state index contributed by atoms with van der Waals surface area (Å²) >= 11 is 7.39. The Morgan fingerprint density at radius 1 is 1.59 bits per heavy atom. The van der Waals surface area contributed by atoms with Gasteiger partial charge in [0.25, 0.3) is 0 Å². The summed E-state index contributed by atoms with van der Waals surface area (Å²) < 4.78 is 0. The van der Waals surface area contributed by atoms with Crippen molar-refractivity contribution in [2.45, 2.75) is 13.0 Å². The van der Waals surface area contributed by atoms with Crippen molar-refractivity contribution >= 4 is 28.8 Å². The van der Waals surface area contributed by atoms with Crippen molar-refractivity contribution in [3.63, 3.8) is 0 Å². The molecule has 0 amide bonds. The SMILES string of the molecule is CC(CO)Nc1nc(Cl)ncc1-c1cccs1. The number of thiophene rings is 1. The van der Waals surface area contributed by atoms with E-state index in [-0.39, 0.29) is 17.9 Å². The monoisotopic (exact) mass is 269 g/mol. The van der Waals surface area contributed by atoms with Crippen LogP contribution in [0.3, 0.4) is 0 Å². The molecular formula is C11H12ClN3OS. The van der Waals surface area contributed by atoms with Gasteiger partial charge in [-0.3, -0.25) is 0 Å². The average Bonchev–Trinajstić information content (AvgIpc) is 2.82. The molecular weight excluding hydrogens is 258 g/mol. The Morgan fingerprint density at radius 3 is 3.06 bits per heavy atom. The number of nitrogens with zero attached hydrogens (tertiary/aromatic N) is 2. The molecule has 2 N–H and O–H groups in total. The van der Waals surface area contributed by atoms with Crippen molar-refractivity contribution in [2.75, 3.05) is 11.9 Å². The molecule has 0 fully saturated rings. The second-order valence-electron chi connectivity index (χ2n) is 3.61. The maximum Gasteiger partial charge on any atom is 0.224 e. The zero-order valence-corrected chi connectivity index (χ0v) is 10.8. The number of aliphatic hydroxyl groups is 1. The molecule has 17 heavy (non-hydrogen) atoms. The number of aliphatic hydroxyl groups excluding tert-OH is 1. The molecule has 90 valence electrons. The van der Waals surface area contributed by atoms with E-state index in [4.69, 9.17) is 16.7 Å². The lowest BCUT2D eigenvalue weighted by atomic mass is 10.2. The molecule has 0 saturated carbocycles. The Bertz CT molecular complexity index is 489. The van der Waals surface area contributed by atoms with E-state index in [1.165, 1.54) is 0 Å². The van der Waals surface area contributed by atoms with Crippen molar-refractivity contribution in [1.82, 2.24) is 9.97 Å². The highest BCUT2D eigenvalue weighted by molar-refractivity contribution is 7.13. The highest BCUT2D eigenvalue weighted by Gasteiger charge is 2.11. The number of rotatable bonds is 4. The highest BCUT2D eigenvalue weighted by Crippen LogP contribution is 2.30. The molecule has 0 saturated heterocycles. The van der Waals surface area contributed by atoms with Crippen molar-refractivity contribution in [1.29, 1.82) is 0 Å². The number of anilines is 1. The fourth-order valence-corrected chi connectivity index (χ4v) is 2.23. The van der Waals surface area contributed by atoms with Crippen LogP contribution in [0.2, 0.25) is 5.28 Å². The van der Waals surface area contributed by atoms with Gasteiger partial charge in [0, 0.05) is 17.1 Å². The molecule has 1 atom stereocenters. The van der Waals surface area contributed by atoms with E-state index in [2.05, 4.69) is 15.3 Å². The molecule has 0 aliphatic heterocycles. The second kappa shape index (κ2) is 5.44. The fraction of sp³-hybridized carbons (Fsp3) is 0.273. The predicted molar refractivity (Wildman–Crippen MR) is 70.5 cm³/mol. The first-order valence-electron chi connectivity index (χ1n) is 5.14. The molecule has 4 nitrogen and oxygen atoms in total. The summed E-state index contributed by atoms with van der Waals surface area (Å²) in [6, 6.07) is 3.87. The first-order chi connectivity index (χ1) is 8.20. The molecule has 0 aliphatic rings. The summed E-state index contributed by atoms with van der Waals surface area (Å²) in [6.45, 7) is 1.90. The van der Waals surface area contributed by atoms with E-state index in [1.54, 1.807) is 17.5 Å². The normalized spacial score (nSPS) is 12.4. The summed E-state index contributed by atoms with van der Waals surface area (Å²) in [5, 5.41) is 14.3. The molecule has 2 aromatic heterocycles. The zero-order chi connectivity index (χ0) is 12.3. The molecule has 0 radical (unpaired) electrons. The van der Waals surface area contributed by atoms with Gasteiger partial charge in [0.2, 0.25) is 5.28 Å². The molecule has 2 heterocycles. The summed E-state index contributed by atoms with van der Waals surface area (Å²) in [5.41, 5.74) is 0.893. The Kier molecular flexibility index (Phi) is 3.93. The van der Waals surface area contributed by atoms with Gasteiger partial charge in [-0.15, -0.1) is 11.3 Å². The number of aromatic nitrogens is 2. The van der Waals surface area contributed by atoms with Crippen LogP contribution >= 0.6 is 22.9 Å². The largest absolute Gasteiger partial charge is 0.394 e. The summed E-state index contributed by atoms with van der Waals surface area (Å²) in [6.07, 6.45) is 1.69. The maximum absolute atomic E-state index is 9.05. The van der Waals surface area contributed by atoms with Gasteiger partial charge in [-0.05, 0) is 30.0 Å². The molecule has 2 aromatic rings. The Hall–Kier alpha value is -1.17. The van der Waals surface area contributed by atoms with Gasteiger partial charge in [0.1, 0.15) is 5.82 Å². The van der Waals surface area contributed by atoms with Gasteiger partial charge in [0.15, 0.2) is 0 Å². The lowest BCUT2D eigenvalue weighted by molar-refractivity contribution is 0.281. The van der Waals surface area contributed by atoms with Crippen LogP contribution < -0.4 is 5.32 Å². The molecule has 0 spiro atoms. The van der Waals surface area contributed by atoms with Crippen LogP contribution in [0.25, 0.3) is 10.4 Å². The number of hydrogen-bond acceptors (Lipinski definition) is 5. The van der Waals surface area contributed by atoms with Crippen molar-refractivity contribution in [3.8, 4) is 10.4 Å². The van der Waals surface area contributed by atoms with E-state index in [0.717, 1.165) is 10.4 Å². The molecule has 6 heteroatoms. The Labute approximate surface area is 108 Å². The van der Waals surface area contributed by atoms with Crippen LogP contribution in [-0.2, 0) is 0 Å². The molecule has 2 rings (SSSR count). The third-order valence-electron chi connectivity index (χ3n) is 2.20. The summed E-state index contributed by atoms with van der Waals surface area (Å²) in [4.78, 5) is 9.21. The van der Waals surface area contributed by atoms with E-state index >= 15 is 0 Å². The highest BCUT2D eigenvalue weighted by atomic mass is 35.5. The molecule has 1 unspecified atom stereocenters. The number of hydrogen-bond donors (Lipinski definition) is 2. The maximum atomic E-state index is 9.05. The van der Waals surface area contributed by atoms with Crippen LogP contribution in [0.5, 0.6) is 0 Å². The molecule has 0 bridgehead atoms. The minimum Gasteiger partial charge on any atom is -0.394 e. The molecule has 0 aliphatic carbocycles. The minimum absolute atomic E-state index is 0.0332. The molecule has 0 aromatic carbocycles. The zero-order valence-electron chi connectivity index (χ0n) is 9.22. The van der Waals surface area contributed by atoms with Crippen molar-refractivity contribution in [3.05, 3.63) is 29.0 Å². The second-order valence-corrected chi connectivity index (χ2v) is 4.89. The Balaban J connectivity index is 2.38. The van der Waals surface area contributed by atoms with E-state index in [0.29, 0.717) is 5.82 Å². The average molecular weight is 270 g/mol. The fourth-order valence-electron chi connectivity index (χ4n) is 1.36. The van der Waals surface area contributed by atoms with E-state index in [9.17, 15) is 0 Å². The quantitative estimate of drug-likeness (QED) is 0.838. The summed E-state index contributed by atoms with van der Waals surface area (Å²) in [7, 11) is 0. The van der Waals surface area contributed by atoms with Crippen LogP contribution in [0.15, 0.2) is 23.7 Å². The van der Waals surface area contributed by atoms with E-state index < -0.39 is 0 Å². The Morgan fingerprint density at radius 2 is 2.41 bits per heavy atom. The smallest absolute Gasteiger partial charge is 0.224 e. The van der Waals surface area contributed by atoms with Crippen LogP contribution in [0.1, 0.15) is 6.92 Å². The van der Waals surface area contributed by atoms with Gasteiger partial charge >= 0.3 is 0 Å². The first kappa shape index (κ1) is 12.3. The topological polar surface area (TPSA) is 58.0 Å². The first-order valence-corrected chi connectivity index (χ1v) is 6.40. The minimum atomic E-state index is -0.0836. The van der Waals surface area contributed by atoms with Crippen LogP contribution in [0, 0.1) is 0 Å². The van der Waals surface area contributed by atoms with E-state index in [1.807, 2.05) is 24.4 Å². The lowest BCUT2D eigenvalue weighted by Gasteiger charge is -2.14. The van der Waals surface area contributed by atoms with Gasteiger partial charge in [-0.1, -0.05) is 6.07 Å². The van der Waals surface area contributed by atoms with Crippen molar-refractivity contribution in [2.24, 2.45) is 0 Å². The van der Waals surface area contributed by atoms with Gasteiger partial charge < -0.3 is 10.4 Å². The third-order valence-corrected chi connectivity index (χ3v) is 3.29. The van der Waals surface area contributed by atoms with Gasteiger partial charge in [-0.2, -0.15) is 0 Å². The van der Waals surface area contributed by atoms with Crippen LogP contribution in [0.4, 0.5) is 5.82 Å². The van der Waals surface area contributed by atoms with Gasteiger partial charge in [-0.25, -0.2) is 9.97 Å². The standard InChI is InChI=1S/C11H12ClN3OS/c1-7(6-16)14-10-8(5-13-11(12)15-10)9-3-2-4-17-9/h2-5,7,16H,6H2,1H3,(H,13,14,15). The number of halogens is 1. The van der Waals surface area contributed by atoms with Crippen LogP contribution in [-0.4, -0.2) is 27.7 Å². The van der Waals surface area contributed by atoms with Gasteiger partial charge in [0.05, 0.1) is 12.2 Å².